The Morgan fingerprint density at radius 2 is 1.90 bits per heavy atom. The van der Waals surface area contributed by atoms with E-state index < -0.39 is 0 Å². The summed E-state index contributed by atoms with van der Waals surface area (Å²) in [5, 5.41) is 10.0. The smallest absolute Gasteiger partial charge is 0.191 e. The van der Waals surface area contributed by atoms with E-state index in [1.54, 1.807) is 11.3 Å². The van der Waals surface area contributed by atoms with Crippen LogP contribution in [0.1, 0.15) is 36.6 Å². The van der Waals surface area contributed by atoms with Gasteiger partial charge >= 0.3 is 0 Å². The maximum absolute atomic E-state index is 4.73. The summed E-state index contributed by atoms with van der Waals surface area (Å²) < 4.78 is 0. The molecule has 6 nitrogen and oxygen atoms in total. The first-order valence-corrected chi connectivity index (χ1v) is 11.8. The van der Waals surface area contributed by atoms with Crippen molar-refractivity contribution in [3.8, 4) is 0 Å². The van der Waals surface area contributed by atoms with Crippen molar-refractivity contribution in [2.75, 3.05) is 45.2 Å². The number of likely N-dealkylation sites (tertiary alicyclic amines) is 1. The molecule has 1 aliphatic heterocycles. The van der Waals surface area contributed by atoms with Crippen molar-refractivity contribution in [2.24, 2.45) is 10.9 Å². The fourth-order valence-electron chi connectivity index (χ4n) is 3.62. The van der Waals surface area contributed by atoms with Crippen LogP contribution >= 0.6 is 35.3 Å². The number of aliphatic imine (C=N–C) groups is 1. The molecule has 0 atom stereocenters. The van der Waals surface area contributed by atoms with Crippen LogP contribution in [0.2, 0.25) is 0 Å². The van der Waals surface area contributed by atoms with Gasteiger partial charge in [-0.05, 0) is 51.3 Å². The molecular weight excluding hydrogens is 519 g/mol. The molecule has 2 N–H and O–H groups in total. The third-order valence-corrected chi connectivity index (χ3v) is 6.51. The fourth-order valence-corrected chi connectivity index (χ4v) is 4.37. The second-order valence-corrected chi connectivity index (χ2v) is 9.13. The van der Waals surface area contributed by atoms with Crippen LogP contribution in [-0.2, 0) is 13.1 Å². The van der Waals surface area contributed by atoms with Crippen molar-refractivity contribution < 1.29 is 0 Å². The molecule has 172 valence electrons. The van der Waals surface area contributed by atoms with Gasteiger partial charge in [-0.15, -0.1) is 35.3 Å². The Hall–Kier alpha value is -1.39. The summed E-state index contributed by atoms with van der Waals surface area (Å²) in [6, 6.07) is 8.93. The van der Waals surface area contributed by atoms with Gasteiger partial charge in [-0.1, -0.05) is 29.8 Å². The van der Waals surface area contributed by atoms with Crippen LogP contribution in [-0.4, -0.2) is 56.1 Å². The fraction of sp³-hybridized carbons (Fsp3) is 0.565. The standard InChI is InChI=1S/C23H36N6S.HI/c1-5-24-22(26-15-21-17-30-23(27-21)28(3)4)25-14-19-10-12-29(13-11-19)16-20-8-6-18(2)7-9-20;/h6-9,17,19H,5,10-16H2,1-4H3,(H2,24,25,26);1H. The van der Waals surface area contributed by atoms with E-state index in [0.717, 1.165) is 36.4 Å². The summed E-state index contributed by atoms with van der Waals surface area (Å²) in [7, 11) is 4.03. The number of halogens is 1. The average Bonchev–Trinajstić information content (AvgIpc) is 3.22. The topological polar surface area (TPSA) is 55.8 Å². The van der Waals surface area contributed by atoms with Crippen molar-refractivity contribution >= 4 is 46.4 Å². The molecule has 1 aromatic heterocycles. The molecule has 1 aliphatic rings. The van der Waals surface area contributed by atoms with Gasteiger partial charge in [0.05, 0.1) is 12.2 Å². The number of nitrogens with zero attached hydrogens (tertiary/aromatic N) is 4. The minimum absolute atomic E-state index is 0. The van der Waals surface area contributed by atoms with E-state index >= 15 is 0 Å². The summed E-state index contributed by atoms with van der Waals surface area (Å²) in [4.78, 5) is 14.0. The Kier molecular flexibility index (Phi) is 11.0. The van der Waals surface area contributed by atoms with Gasteiger partial charge in [0.2, 0.25) is 0 Å². The Morgan fingerprint density at radius 3 is 2.52 bits per heavy atom. The van der Waals surface area contributed by atoms with Gasteiger partial charge in [-0.2, -0.15) is 0 Å². The lowest BCUT2D eigenvalue weighted by Gasteiger charge is -2.32. The highest BCUT2D eigenvalue weighted by Gasteiger charge is 2.19. The minimum atomic E-state index is 0. The third kappa shape index (κ3) is 8.57. The number of nitrogens with one attached hydrogen (secondary N) is 2. The summed E-state index contributed by atoms with van der Waals surface area (Å²) >= 11 is 1.66. The lowest BCUT2D eigenvalue weighted by molar-refractivity contribution is 0.178. The van der Waals surface area contributed by atoms with Gasteiger partial charge < -0.3 is 15.5 Å². The van der Waals surface area contributed by atoms with E-state index in [2.05, 4.69) is 64.0 Å². The Labute approximate surface area is 208 Å². The molecule has 31 heavy (non-hydrogen) atoms. The molecule has 0 spiro atoms. The molecular formula is C23H37IN6S. The van der Waals surface area contributed by atoms with Gasteiger partial charge in [0.25, 0.3) is 0 Å². The van der Waals surface area contributed by atoms with E-state index in [1.165, 1.54) is 37.1 Å². The number of aryl methyl sites for hydroxylation is 1. The average molecular weight is 557 g/mol. The lowest BCUT2D eigenvalue weighted by Crippen LogP contribution is -2.42. The van der Waals surface area contributed by atoms with Crippen LogP contribution in [0.25, 0.3) is 0 Å². The van der Waals surface area contributed by atoms with E-state index in [0.29, 0.717) is 12.5 Å². The van der Waals surface area contributed by atoms with Crippen molar-refractivity contribution in [2.45, 2.75) is 39.8 Å². The molecule has 2 aromatic rings. The zero-order valence-corrected chi connectivity index (χ0v) is 22.4. The molecule has 0 radical (unpaired) electrons. The van der Waals surface area contributed by atoms with Gasteiger partial charge in [-0.25, -0.2) is 9.98 Å². The van der Waals surface area contributed by atoms with E-state index in [9.17, 15) is 0 Å². The summed E-state index contributed by atoms with van der Waals surface area (Å²) in [5.41, 5.74) is 3.76. The summed E-state index contributed by atoms with van der Waals surface area (Å²) in [5.74, 6) is 1.58. The molecule has 0 aliphatic carbocycles. The van der Waals surface area contributed by atoms with Gasteiger partial charge in [0.1, 0.15) is 0 Å². The molecule has 3 rings (SSSR count). The molecule has 1 saturated heterocycles. The Morgan fingerprint density at radius 1 is 1.19 bits per heavy atom. The van der Waals surface area contributed by atoms with Crippen molar-refractivity contribution in [3.05, 3.63) is 46.5 Å². The Balaban J connectivity index is 0.00000341. The molecule has 2 heterocycles. The molecule has 8 heteroatoms. The number of benzene rings is 1. The van der Waals surface area contributed by atoms with E-state index in [4.69, 9.17) is 4.99 Å². The van der Waals surface area contributed by atoms with Crippen LogP contribution in [0.4, 0.5) is 5.13 Å². The molecule has 0 unspecified atom stereocenters. The van der Waals surface area contributed by atoms with E-state index in [-0.39, 0.29) is 24.0 Å². The van der Waals surface area contributed by atoms with Gasteiger partial charge in [0, 0.05) is 39.1 Å². The zero-order chi connectivity index (χ0) is 21.3. The first kappa shape index (κ1) is 25.9. The molecule has 0 amide bonds. The molecule has 0 saturated carbocycles. The van der Waals surface area contributed by atoms with Crippen LogP contribution in [0.5, 0.6) is 0 Å². The highest BCUT2D eigenvalue weighted by atomic mass is 127. The minimum Gasteiger partial charge on any atom is -0.357 e. The third-order valence-electron chi connectivity index (χ3n) is 5.46. The maximum atomic E-state index is 4.73. The number of hydrogen-bond donors (Lipinski definition) is 2. The number of hydrogen-bond acceptors (Lipinski definition) is 5. The van der Waals surface area contributed by atoms with Crippen LogP contribution in [0, 0.1) is 12.8 Å². The first-order chi connectivity index (χ1) is 14.5. The number of rotatable bonds is 8. The molecule has 1 aromatic carbocycles. The van der Waals surface area contributed by atoms with Crippen LogP contribution < -0.4 is 15.5 Å². The summed E-state index contributed by atoms with van der Waals surface area (Å²) in [6.07, 6.45) is 2.47. The van der Waals surface area contributed by atoms with Gasteiger partial charge in [0.15, 0.2) is 11.1 Å². The molecule has 0 bridgehead atoms. The number of aromatic nitrogens is 1. The largest absolute Gasteiger partial charge is 0.357 e. The van der Waals surface area contributed by atoms with Crippen LogP contribution in [0.15, 0.2) is 34.6 Å². The van der Waals surface area contributed by atoms with Crippen molar-refractivity contribution in [3.63, 3.8) is 0 Å². The summed E-state index contributed by atoms with van der Waals surface area (Å²) in [6.45, 7) is 10.1. The van der Waals surface area contributed by atoms with Crippen LogP contribution in [0.3, 0.4) is 0 Å². The van der Waals surface area contributed by atoms with Gasteiger partial charge in [-0.3, -0.25) is 4.90 Å². The second kappa shape index (κ2) is 13.2. The van der Waals surface area contributed by atoms with Crippen molar-refractivity contribution in [1.82, 2.24) is 20.5 Å². The zero-order valence-electron chi connectivity index (χ0n) is 19.2. The highest BCUT2D eigenvalue weighted by Crippen LogP contribution is 2.19. The number of anilines is 1. The lowest BCUT2D eigenvalue weighted by atomic mass is 9.96. The predicted molar refractivity (Wildman–Crippen MR) is 144 cm³/mol. The van der Waals surface area contributed by atoms with Crippen molar-refractivity contribution in [1.29, 1.82) is 0 Å². The predicted octanol–water partition coefficient (Wildman–Crippen LogP) is 4.10. The quantitative estimate of drug-likeness (QED) is 0.292. The normalized spacial score (nSPS) is 15.4. The molecule has 1 fully saturated rings. The number of piperidine rings is 1. The van der Waals surface area contributed by atoms with E-state index in [1.807, 2.05) is 19.0 Å². The monoisotopic (exact) mass is 556 g/mol. The SMILES string of the molecule is CCNC(=NCc1csc(N(C)C)n1)NCC1CCN(Cc2ccc(C)cc2)CC1.I. The second-order valence-electron chi connectivity index (χ2n) is 8.30. The number of guanidine groups is 1. The highest BCUT2D eigenvalue weighted by molar-refractivity contribution is 14.0. The maximum Gasteiger partial charge on any atom is 0.191 e. The number of thiazole rings is 1. The first-order valence-electron chi connectivity index (χ1n) is 10.9. The Bertz CT molecular complexity index is 797.